The predicted octanol–water partition coefficient (Wildman–Crippen LogP) is 4.97. The van der Waals surface area contributed by atoms with Crippen LogP contribution in [-0.2, 0) is 0 Å². The molecule has 0 bridgehead atoms. The second kappa shape index (κ2) is 7.31. The molecule has 0 aliphatic carbocycles. The zero-order chi connectivity index (χ0) is 18.7. The number of hydrogen-bond donors (Lipinski definition) is 2. The fourth-order valence-electron chi connectivity index (χ4n) is 2.45. The highest BCUT2D eigenvalue weighted by atomic mass is 19.1. The Balaban J connectivity index is 1.80. The third-order valence-corrected chi connectivity index (χ3v) is 4.06. The molecular weight excluding hydrogens is 336 g/mol. The highest BCUT2D eigenvalue weighted by Gasteiger charge is 2.11. The van der Waals surface area contributed by atoms with Crippen LogP contribution in [0.5, 0.6) is 0 Å². The lowest BCUT2D eigenvalue weighted by molar-refractivity contribution is 0.102. The van der Waals surface area contributed by atoms with Crippen LogP contribution in [0.15, 0.2) is 54.7 Å². The molecule has 0 saturated carbocycles. The topological polar surface area (TPSA) is 54.0 Å². The van der Waals surface area contributed by atoms with Gasteiger partial charge in [-0.3, -0.25) is 9.78 Å². The first-order valence-corrected chi connectivity index (χ1v) is 8.00. The van der Waals surface area contributed by atoms with Gasteiger partial charge in [0.15, 0.2) is 0 Å². The second-order valence-electron chi connectivity index (χ2n) is 5.88. The number of carbonyl (C=O) groups is 1. The number of amides is 1. The van der Waals surface area contributed by atoms with Gasteiger partial charge in [0.25, 0.3) is 5.91 Å². The molecule has 2 aromatic carbocycles. The maximum atomic E-state index is 13.8. The van der Waals surface area contributed by atoms with E-state index in [2.05, 4.69) is 15.6 Å². The van der Waals surface area contributed by atoms with Crippen molar-refractivity contribution >= 4 is 23.0 Å². The average molecular weight is 353 g/mol. The molecule has 26 heavy (non-hydrogen) atoms. The minimum atomic E-state index is -0.719. The Bertz CT molecular complexity index is 973. The van der Waals surface area contributed by atoms with Crippen LogP contribution in [-0.4, -0.2) is 10.9 Å². The first kappa shape index (κ1) is 17.5. The van der Waals surface area contributed by atoms with Gasteiger partial charge in [-0.05, 0) is 55.3 Å². The minimum absolute atomic E-state index is 0.110. The van der Waals surface area contributed by atoms with Gasteiger partial charge in [0, 0.05) is 23.6 Å². The number of aromatic nitrogens is 1. The molecule has 0 aliphatic heterocycles. The van der Waals surface area contributed by atoms with Crippen LogP contribution in [0, 0.1) is 25.5 Å². The Morgan fingerprint density at radius 1 is 1.00 bits per heavy atom. The minimum Gasteiger partial charge on any atom is -0.353 e. The summed E-state index contributed by atoms with van der Waals surface area (Å²) >= 11 is 0. The van der Waals surface area contributed by atoms with E-state index in [1.54, 1.807) is 6.07 Å². The van der Waals surface area contributed by atoms with Crippen LogP contribution < -0.4 is 10.6 Å². The highest BCUT2D eigenvalue weighted by molar-refractivity contribution is 6.03. The van der Waals surface area contributed by atoms with Gasteiger partial charge in [0.1, 0.15) is 17.3 Å². The van der Waals surface area contributed by atoms with Crippen molar-refractivity contribution in [2.45, 2.75) is 13.8 Å². The lowest BCUT2D eigenvalue weighted by Gasteiger charge is -2.11. The highest BCUT2D eigenvalue weighted by Crippen LogP contribution is 2.22. The van der Waals surface area contributed by atoms with Crippen molar-refractivity contribution in [2.24, 2.45) is 0 Å². The average Bonchev–Trinajstić information content (AvgIpc) is 2.61. The summed E-state index contributed by atoms with van der Waals surface area (Å²) in [4.78, 5) is 16.5. The van der Waals surface area contributed by atoms with Crippen molar-refractivity contribution in [2.75, 3.05) is 10.6 Å². The van der Waals surface area contributed by atoms with E-state index < -0.39 is 11.6 Å². The molecule has 1 aromatic heterocycles. The van der Waals surface area contributed by atoms with Crippen molar-refractivity contribution in [3.63, 3.8) is 0 Å². The number of aryl methyl sites for hydroxylation is 1. The predicted molar refractivity (Wildman–Crippen MR) is 97.7 cm³/mol. The van der Waals surface area contributed by atoms with Crippen molar-refractivity contribution in [3.8, 4) is 0 Å². The molecular formula is C20H17F2N3O. The summed E-state index contributed by atoms with van der Waals surface area (Å²) in [7, 11) is 0. The Kier molecular flexibility index (Phi) is 4.93. The molecule has 0 unspecified atom stereocenters. The SMILES string of the molecule is Cc1cccc(NC(=O)c2cc(Nc3ccc(F)cc3F)ccn2)c1C. The largest absolute Gasteiger partial charge is 0.353 e. The Morgan fingerprint density at radius 3 is 2.58 bits per heavy atom. The fraction of sp³-hybridized carbons (Fsp3) is 0.100. The summed E-state index contributed by atoms with van der Waals surface area (Å²) in [6.07, 6.45) is 1.45. The van der Waals surface area contributed by atoms with E-state index in [9.17, 15) is 13.6 Å². The van der Waals surface area contributed by atoms with E-state index in [1.807, 2.05) is 32.0 Å². The molecule has 3 rings (SSSR count). The number of carbonyl (C=O) groups excluding carboxylic acids is 1. The molecule has 0 radical (unpaired) electrons. The van der Waals surface area contributed by atoms with Crippen molar-refractivity contribution in [3.05, 3.63) is 83.2 Å². The molecule has 6 heteroatoms. The standard InChI is InChI=1S/C20H17F2N3O/c1-12-4-3-5-17(13(12)2)25-20(26)19-11-15(8-9-23-19)24-18-7-6-14(21)10-16(18)22/h3-11H,1-2H3,(H,23,24)(H,25,26). The Morgan fingerprint density at radius 2 is 1.81 bits per heavy atom. The van der Waals surface area contributed by atoms with Crippen LogP contribution in [0.2, 0.25) is 0 Å². The smallest absolute Gasteiger partial charge is 0.274 e. The Labute approximate surface area is 149 Å². The third-order valence-electron chi connectivity index (χ3n) is 4.06. The number of nitrogens with one attached hydrogen (secondary N) is 2. The summed E-state index contributed by atoms with van der Waals surface area (Å²) in [6, 6.07) is 12.0. The molecule has 4 nitrogen and oxygen atoms in total. The van der Waals surface area contributed by atoms with E-state index in [1.165, 1.54) is 18.3 Å². The van der Waals surface area contributed by atoms with E-state index in [-0.39, 0.29) is 17.3 Å². The normalized spacial score (nSPS) is 10.5. The molecule has 0 aliphatic rings. The maximum Gasteiger partial charge on any atom is 0.274 e. The zero-order valence-electron chi connectivity index (χ0n) is 14.3. The van der Waals surface area contributed by atoms with Crippen molar-refractivity contribution in [1.29, 1.82) is 0 Å². The molecule has 2 N–H and O–H groups in total. The van der Waals surface area contributed by atoms with Crippen LogP contribution in [0.25, 0.3) is 0 Å². The molecule has 0 spiro atoms. The molecule has 3 aromatic rings. The summed E-state index contributed by atoms with van der Waals surface area (Å²) in [5.41, 5.74) is 3.51. The number of hydrogen-bond acceptors (Lipinski definition) is 3. The van der Waals surface area contributed by atoms with Crippen LogP contribution in [0.1, 0.15) is 21.6 Å². The lowest BCUT2D eigenvalue weighted by atomic mass is 10.1. The monoisotopic (exact) mass is 353 g/mol. The van der Waals surface area contributed by atoms with Gasteiger partial charge in [-0.15, -0.1) is 0 Å². The molecule has 1 heterocycles. The molecule has 0 atom stereocenters. The maximum absolute atomic E-state index is 13.8. The Hall–Kier alpha value is -3.28. The molecule has 0 fully saturated rings. The van der Waals surface area contributed by atoms with Gasteiger partial charge >= 0.3 is 0 Å². The summed E-state index contributed by atoms with van der Waals surface area (Å²) in [5.74, 6) is -1.75. The molecule has 132 valence electrons. The zero-order valence-corrected chi connectivity index (χ0v) is 14.3. The molecule has 0 saturated heterocycles. The lowest BCUT2D eigenvalue weighted by Crippen LogP contribution is -2.15. The second-order valence-corrected chi connectivity index (χ2v) is 5.88. The van der Waals surface area contributed by atoms with Gasteiger partial charge in [0.05, 0.1) is 5.69 Å². The van der Waals surface area contributed by atoms with Gasteiger partial charge in [-0.1, -0.05) is 12.1 Å². The summed E-state index contributed by atoms with van der Waals surface area (Å²) in [6.45, 7) is 3.89. The van der Waals surface area contributed by atoms with Gasteiger partial charge in [-0.2, -0.15) is 0 Å². The van der Waals surface area contributed by atoms with Crippen molar-refractivity contribution < 1.29 is 13.6 Å². The number of nitrogens with zero attached hydrogens (tertiary/aromatic N) is 1. The van der Waals surface area contributed by atoms with Gasteiger partial charge in [0.2, 0.25) is 0 Å². The fourth-order valence-corrected chi connectivity index (χ4v) is 2.45. The van der Waals surface area contributed by atoms with E-state index in [4.69, 9.17) is 0 Å². The third kappa shape index (κ3) is 3.85. The van der Waals surface area contributed by atoms with E-state index >= 15 is 0 Å². The molecule has 1 amide bonds. The van der Waals surface area contributed by atoms with Crippen LogP contribution in [0.3, 0.4) is 0 Å². The van der Waals surface area contributed by atoms with Crippen LogP contribution in [0.4, 0.5) is 25.8 Å². The summed E-state index contributed by atoms with van der Waals surface area (Å²) in [5, 5.41) is 5.64. The summed E-state index contributed by atoms with van der Waals surface area (Å²) < 4.78 is 26.8. The first-order valence-electron chi connectivity index (χ1n) is 8.00. The van der Waals surface area contributed by atoms with E-state index in [0.29, 0.717) is 11.4 Å². The van der Waals surface area contributed by atoms with E-state index in [0.717, 1.165) is 23.3 Å². The van der Waals surface area contributed by atoms with Gasteiger partial charge < -0.3 is 10.6 Å². The van der Waals surface area contributed by atoms with Gasteiger partial charge in [-0.25, -0.2) is 8.78 Å². The first-order chi connectivity index (χ1) is 12.4. The van der Waals surface area contributed by atoms with Crippen molar-refractivity contribution in [1.82, 2.24) is 4.98 Å². The number of rotatable bonds is 4. The number of benzene rings is 2. The number of halogens is 2. The number of pyridine rings is 1. The number of anilines is 3. The quantitative estimate of drug-likeness (QED) is 0.696. The van der Waals surface area contributed by atoms with Crippen LogP contribution >= 0.6 is 0 Å².